The standard InChI is InChI=1S/C20H21NO6S2/c1-3-4-13-21(19-14-16-7-5-6-8-18(16)28(19,23)24)29(25,26)17-11-9-15(10-12-17)20(22)27-2/h5-12,14H,3-4,13H2,1-2H3. The molecule has 0 aliphatic carbocycles. The van der Waals surface area contributed by atoms with Crippen molar-refractivity contribution in [2.24, 2.45) is 0 Å². The Morgan fingerprint density at radius 3 is 2.31 bits per heavy atom. The van der Waals surface area contributed by atoms with Gasteiger partial charge in [0, 0.05) is 6.54 Å². The smallest absolute Gasteiger partial charge is 0.337 e. The topological polar surface area (TPSA) is 97.8 Å². The van der Waals surface area contributed by atoms with Crippen LogP contribution in [0.4, 0.5) is 0 Å². The van der Waals surface area contributed by atoms with Crippen molar-refractivity contribution >= 4 is 31.9 Å². The minimum absolute atomic E-state index is 0.0244. The van der Waals surface area contributed by atoms with Gasteiger partial charge in [-0.25, -0.2) is 21.6 Å². The maximum atomic E-state index is 13.3. The monoisotopic (exact) mass is 435 g/mol. The van der Waals surface area contributed by atoms with Crippen molar-refractivity contribution in [3.8, 4) is 0 Å². The molecule has 1 heterocycles. The second-order valence-electron chi connectivity index (χ2n) is 6.47. The lowest BCUT2D eigenvalue weighted by Gasteiger charge is -2.25. The van der Waals surface area contributed by atoms with Gasteiger partial charge in [-0.05, 0) is 48.4 Å². The predicted molar refractivity (Wildman–Crippen MR) is 108 cm³/mol. The Balaban J connectivity index is 2.07. The summed E-state index contributed by atoms with van der Waals surface area (Å²) in [6, 6.07) is 11.6. The zero-order chi connectivity index (χ0) is 21.2. The first-order chi connectivity index (χ1) is 13.7. The van der Waals surface area contributed by atoms with E-state index in [1.165, 1.54) is 43.5 Å². The average molecular weight is 436 g/mol. The van der Waals surface area contributed by atoms with Crippen LogP contribution >= 0.6 is 0 Å². The summed E-state index contributed by atoms with van der Waals surface area (Å²) in [6.07, 6.45) is 2.57. The molecule has 0 fully saturated rings. The van der Waals surface area contributed by atoms with Crippen LogP contribution in [0.2, 0.25) is 0 Å². The van der Waals surface area contributed by atoms with Crippen molar-refractivity contribution in [2.75, 3.05) is 13.7 Å². The highest BCUT2D eigenvalue weighted by molar-refractivity contribution is 7.97. The van der Waals surface area contributed by atoms with Crippen molar-refractivity contribution in [3.05, 3.63) is 64.7 Å². The zero-order valence-electron chi connectivity index (χ0n) is 16.0. The summed E-state index contributed by atoms with van der Waals surface area (Å²) in [5, 5.41) is -0.260. The average Bonchev–Trinajstić information content (AvgIpc) is 2.98. The molecule has 1 aliphatic rings. The van der Waals surface area contributed by atoms with Crippen molar-refractivity contribution in [3.63, 3.8) is 0 Å². The molecule has 0 radical (unpaired) electrons. The number of unbranched alkanes of at least 4 members (excludes halogenated alkanes) is 1. The SMILES string of the molecule is CCCCN(C1=Cc2ccccc2S1(=O)=O)S(=O)(=O)c1ccc(C(=O)OC)cc1. The lowest BCUT2D eigenvalue weighted by atomic mass is 10.2. The number of fused-ring (bicyclic) bond motifs is 1. The van der Waals surface area contributed by atoms with Crippen LogP contribution in [0.25, 0.3) is 6.08 Å². The summed E-state index contributed by atoms with van der Waals surface area (Å²) in [5.41, 5.74) is 0.659. The number of hydrogen-bond donors (Lipinski definition) is 0. The van der Waals surface area contributed by atoms with Gasteiger partial charge in [0.2, 0.25) is 9.84 Å². The molecule has 0 saturated carbocycles. The number of carbonyl (C=O) groups is 1. The van der Waals surface area contributed by atoms with Crippen LogP contribution in [0, 0.1) is 0 Å². The highest BCUT2D eigenvalue weighted by Crippen LogP contribution is 2.37. The summed E-state index contributed by atoms with van der Waals surface area (Å²) < 4.78 is 58.2. The van der Waals surface area contributed by atoms with Crippen molar-refractivity contribution in [1.29, 1.82) is 0 Å². The number of rotatable bonds is 7. The van der Waals surface area contributed by atoms with Crippen molar-refractivity contribution < 1.29 is 26.4 Å². The number of carbonyl (C=O) groups excluding carboxylic acids is 1. The van der Waals surface area contributed by atoms with Crippen molar-refractivity contribution in [1.82, 2.24) is 4.31 Å². The van der Waals surface area contributed by atoms with E-state index in [-0.39, 0.29) is 26.9 Å². The number of nitrogens with zero attached hydrogens (tertiary/aromatic N) is 1. The summed E-state index contributed by atoms with van der Waals surface area (Å²) in [6.45, 7) is 1.92. The van der Waals surface area contributed by atoms with Crippen LogP contribution in [0.5, 0.6) is 0 Å². The van der Waals surface area contributed by atoms with Crippen LogP contribution < -0.4 is 0 Å². The van der Waals surface area contributed by atoms with Gasteiger partial charge in [0.25, 0.3) is 10.0 Å². The molecule has 0 atom stereocenters. The Morgan fingerprint density at radius 1 is 1.07 bits per heavy atom. The molecule has 0 amide bonds. The minimum Gasteiger partial charge on any atom is -0.465 e. The zero-order valence-corrected chi connectivity index (χ0v) is 17.7. The van der Waals surface area contributed by atoms with Gasteiger partial charge in [-0.2, -0.15) is 0 Å². The number of esters is 1. The van der Waals surface area contributed by atoms with E-state index in [1.54, 1.807) is 18.2 Å². The van der Waals surface area contributed by atoms with Gasteiger partial charge in [-0.15, -0.1) is 0 Å². The third-order valence-corrected chi connectivity index (χ3v) is 8.37. The Bertz CT molecular complexity index is 1170. The summed E-state index contributed by atoms with van der Waals surface area (Å²) in [5.74, 6) is -0.590. The van der Waals surface area contributed by atoms with Crippen LogP contribution in [-0.4, -0.2) is 40.8 Å². The van der Waals surface area contributed by atoms with E-state index in [2.05, 4.69) is 4.74 Å². The minimum atomic E-state index is -4.16. The molecular weight excluding hydrogens is 414 g/mol. The Kier molecular flexibility index (Phi) is 5.81. The quantitative estimate of drug-likeness (QED) is 0.620. The van der Waals surface area contributed by atoms with E-state index >= 15 is 0 Å². The predicted octanol–water partition coefficient (Wildman–Crippen LogP) is 3.05. The van der Waals surface area contributed by atoms with Gasteiger partial charge >= 0.3 is 5.97 Å². The molecule has 0 spiro atoms. The maximum Gasteiger partial charge on any atom is 0.337 e. The van der Waals surface area contributed by atoms with E-state index in [4.69, 9.17) is 0 Å². The molecule has 29 heavy (non-hydrogen) atoms. The van der Waals surface area contributed by atoms with Gasteiger partial charge in [-0.3, -0.25) is 4.31 Å². The fraction of sp³-hybridized carbons (Fsp3) is 0.250. The first-order valence-electron chi connectivity index (χ1n) is 9.00. The van der Waals surface area contributed by atoms with E-state index < -0.39 is 25.8 Å². The van der Waals surface area contributed by atoms with Crippen molar-refractivity contribution in [2.45, 2.75) is 29.6 Å². The first-order valence-corrected chi connectivity index (χ1v) is 11.9. The third kappa shape index (κ3) is 3.79. The van der Waals surface area contributed by atoms with E-state index in [0.29, 0.717) is 18.4 Å². The molecule has 1 aliphatic heterocycles. The molecule has 2 aromatic carbocycles. The van der Waals surface area contributed by atoms with E-state index in [1.807, 2.05) is 6.92 Å². The highest BCUT2D eigenvalue weighted by Gasteiger charge is 2.38. The molecule has 9 heteroatoms. The van der Waals surface area contributed by atoms with Gasteiger partial charge in [-0.1, -0.05) is 31.5 Å². The molecule has 0 bridgehead atoms. The van der Waals surface area contributed by atoms with Gasteiger partial charge in [0.1, 0.15) is 5.03 Å². The molecule has 2 aromatic rings. The molecule has 154 valence electrons. The third-order valence-electron chi connectivity index (χ3n) is 4.59. The highest BCUT2D eigenvalue weighted by atomic mass is 32.2. The summed E-state index contributed by atoms with van der Waals surface area (Å²) in [7, 11) is -6.89. The molecule has 0 aromatic heterocycles. The maximum absolute atomic E-state index is 13.3. The Morgan fingerprint density at radius 2 is 1.72 bits per heavy atom. The second-order valence-corrected chi connectivity index (χ2v) is 10.2. The van der Waals surface area contributed by atoms with E-state index in [0.717, 1.165) is 4.31 Å². The second kappa shape index (κ2) is 8.00. The fourth-order valence-corrected chi connectivity index (χ4v) is 6.58. The summed E-state index contributed by atoms with van der Waals surface area (Å²) >= 11 is 0. The molecule has 0 unspecified atom stereocenters. The summed E-state index contributed by atoms with van der Waals surface area (Å²) in [4.78, 5) is 11.6. The van der Waals surface area contributed by atoms with Gasteiger partial charge < -0.3 is 4.74 Å². The largest absolute Gasteiger partial charge is 0.465 e. The Labute approximate surface area is 170 Å². The normalized spacial score (nSPS) is 14.8. The lowest BCUT2D eigenvalue weighted by Crippen LogP contribution is -2.33. The molecule has 7 nitrogen and oxygen atoms in total. The number of sulfonamides is 1. The van der Waals surface area contributed by atoms with Crippen LogP contribution in [0.15, 0.2) is 63.4 Å². The molecular formula is C20H21NO6S2. The van der Waals surface area contributed by atoms with Gasteiger partial charge in [0.15, 0.2) is 0 Å². The Hall–Kier alpha value is -2.65. The number of hydrogen-bond acceptors (Lipinski definition) is 6. The number of ether oxygens (including phenoxy) is 1. The van der Waals surface area contributed by atoms with Gasteiger partial charge in [0.05, 0.1) is 22.5 Å². The number of benzene rings is 2. The van der Waals surface area contributed by atoms with Crippen LogP contribution in [-0.2, 0) is 24.6 Å². The number of sulfone groups is 1. The molecule has 0 saturated heterocycles. The first kappa shape index (κ1) is 21.1. The number of methoxy groups -OCH3 is 1. The lowest BCUT2D eigenvalue weighted by molar-refractivity contribution is 0.0600. The fourth-order valence-electron chi connectivity index (χ4n) is 3.03. The molecule has 3 rings (SSSR count). The van der Waals surface area contributed by atoms with E-state index in [9.17, 15) is 21.6 Å². The molecule has 0 N–H and O–H groups in total. The van der Waals surface area contributed by atoms with Crippen LogP contribution in [0.1, 0.15) is 35.7 Å². The van der Waals surface area contributed by atoms with Crippen LogP contribution in [0.3, 0.4) is 0 Å².